The van der Waals surface area contributed by atoms with Crippen LogP contribution in [-0.4, -0.2) is 20.0 Å². The molecule has 1 heterocycles. The first-order valence-electron chi connectivity index (χ1n) is 5.85. The fourth-order valence-electron chi connectivity index (χ4n) is 1.62. The molecule has 0 saturated heterocycles. The third-order valence-corrected chi connectivity index (χ3v) is 4.67. The van der Waals surface area contributed by atoms with Crippen LogP contribution in [0.25, 0.3) is 0 Å². The second kappa shape index (κ2) is 6.21. The standard InChI is InChI=1S/C14H15BrN2OS/c1-17(2)11-5-3-10(4-6-11)14(18)16-9-13-12(15)7-8-19-13/h3-8H,9H2,1-2H3,(H,16,18). The van der Waals surface area contributed by atoms with Gasteiger partial charge in [-0.2, -0.15) is 0 Å². The summed E-state index contributed by atoms with van der Waals surface area (Å²) in [4.78, 5) is 15.1. The highest BCUT2D eigenvalue weighted by Gasteiger charge is 2.07. The average Bonchev–Trinajstić information content (AvgIpc) is 2.81. The van der Waals surface area contributed by atoms with Crippen LogP contribution in [0.2, 0.25) is 0 Å². The maximum Gasteiger partial charge on any atom is 0.251 e. The van der Waals surface area contributed by atoms with E-state index in [0.717, 1.165) is 15.0 Å². The number of hydrogen-bond acceptors (Lipinski definition) is 3. The van der Waals surface area contributed by atoms with Crippen molar-refractivity contribution in [3.8, 4) is 0 Å². The van der Waals surface area contributed by atoms with E-state index in [2.05, 4.69) is 21.2 Å². The fourth-order valence-corrected chi connectivity index (χ4v) is 3.06. The number of hydrogen-bond donors (Lipinski definition) is 1. The molecule has 1 aromatic heterocycles. The number of carbonyl (C=O) groups excluding carboxylic acids is 1. The Balaban J connectivity index is 1.98. The van der Waals surface area contributed by atoms with E-state index in [-0.39, 0.29) is 5.91 Å². The van der Waals surface area contributed by atoms with Gasteiger partial charge in [0.1, 0.15) is 0 Å². The number of rotatable bonds is 4. The highest BCUT2D eigenvalue weighted by molar-refractivity contribution is 9.10. The van der Waals surface area contributed by atoms with E-state index < -0.39 is 0 Å². The molecule has 2 rings (SSSR count). The molecule has 0 aliphatic carbocycles. The molecular formula is C14H15BrN2OS. The molecule has 1 N–H and O–H groups in total. The van der Waals surface area contributed by atoms with Gasteiger partial charge in [0, 0.05) is 34.7 Å². The zero-order valence-electron chi connectivity index (χ0n) is 10.8. The molecule has 3 nitrogen and oxygen atoms in total. The van der Waals surface area contributed by atoms with Crippen LogP contribution < -0.4 is 10.2 Å². The van der Waals surface area contributed by atoms with Crippen LogP contribution in [0.15, 0.2) is 40.2 Å². The molecule has 2 aromatic rings. The van der Waals surface area contributed by atoms with E-state index in [4.69, 9.17) is 0 Å². The largest absolute Gasteiger partial charge is 0.378 e. The Labute approximate surface area is 125 Å². The van der Waals surface area contributed by atoms with E-state index in [0.29, 0.717) is 12.1 Å². The lowest BCUT2D eigenvalue weighted by Crippen LogP contribution is -2.22. The average molecular weight is 339 g/mol. The lowest BCUT2D eigenvalue weighted by molar-refractivity contribution is 0.0951. The third kappa shape index (κ3) is 3.58. The van der Waals surface area contributed by atoms with Crippen molar-refractivity contribution in [2.75, 3.05) is 19.0 Å². The van der Waals surface area contributed by atoms with Crippen molar-refractivity contribution in [2.45, 2.75) is 6.54 Å². The third-order valence-electron chi connectivity index (χ3n) is 2.75. The van der Waals surface area contributed by atoms with Gasteiger partial charge in [-0.25, -0.2) is 0 Å². The monoisotopic (exact) mass is 338 g/mol. The molecule has 1 aromatic carbocycles. The number of benzene rings is 1. The van der Waals surface area contributed by atoms with Crippen LogP contribution in [0.3, 0.4) is 0 Å². The van der Waals surface area contributed by atoms with Crippen LogP contribution in [-0.2, 0) is 6.54 Å². The Hall–Kier alpha value is -1.33. The van der Waals surface area contributed by atoms with Gasteiger partial charge in [-0.1, -0.05) is 0 Å². The van der Waals surface area contributed by atoms with Crippen molar-refractivity contribution in [3.05, 3.63) is 50.6 Å². The smallest absolute Gasteiger partial charge is 0.251 e. The first kappa shape index (κ1) is 14.1. The van der Waals surface area contributed by atoms with Crippen LogP contribution >= 0.6 is 27.3 Å². The second-order valence-electron chi connectivity index (χ2n) is 4.32. The molecule has 0 spiro atoms. The summed E-state index contributed by atoms with van der Waals surface area (Å²) in [7, 11) is 3.95. The van der Waals surface area contributed by atoms with Gasteiger partial charge < -0.3 is 10.2 Å². The van der Waals surface area contributed by atoms with Crippen LogP contribution in [0.4, 0.5) is 5.69 Å². The molecule has 100 valence electrons. The van der Waals surface area contributed by atoms with Crippen LogP contribution in [0.5, 0.6) is 0 Å². The van der Waals surface area contributed by atoms with Crippen molar-refractivity contribution in [2.24, 2.45) is 0 Å². The van der Waals surface area contributed by atoms with E-state index in [1.54, 1.807) is 11.3 Å². The van der Waals surface area contributed by atoms with Crippen molar-refractivity contribution < 1.29 is 4.79 Å². The second-order valence-corrected chi connectivity index (χ2v) is 6.17. The molecule has 0 atom stereocenters. The number of nitrogens with one attached hydrogen (secondary N) is 1. The quantitative estimate of drug-likeness (QED) is 0.925. The maximum atomic E-state index is 12.0. The van der Waals surface area contributed by atoms with Gasteiger partial charge in [-0.3, -0.25) is 4.79 Å². The van der Waals surface area contributed by atoms with E-state index >= 15 is 0 Å². The van der Waals surface area contributed by atoms with Gasteiger partial charge in [0.25, 0.3) is 5.91 Å². The molecule has 0 aliphatic rings. The topological polar surface area (TPSA) is 32.3 Å². The summed E-state index contributed by atoms with van der Waals surface area (Å²) in [5.41, 5.74) is 1.76. The number of carbonyl (C=O) groups is 1. The van der Waals surface area contributed by atoms with Gasteiger partial charge in [-0.05, 0) is 51.6 Å². The first-order chi connectivity index (χ1) is 9.08. The van der Waals surface area contributed by atoms with E-state index in [1.165, 1.54) is 0 Å². The van der Waals surface area contributed by atoms with Gasteiger partial charge in [-0.15, -0.1) is 11.3 Å². The zero-order chi connectivity index (χ0) is 13.8. The summed E-state index contributed by atoms with van der Waals surface area (Å²) in [6, 6.07) is 9.55. The Morgan fingerprint density at radius 1 is 1.26 bits per heavy atom. The van der Waals surface area contributed by atoms with Gasteiger partial charge in [0.2, 0.25) is 0 Å². The molecule has 0 fully saturated rings. The van der Waals surface area contributed by atoms with E-state index in [1.807, 2.05) is 54.7 Å². The van der Waals surface area contributed by atoms with Gasteiger partial charge in [0.15, 0.2) is 0 Å². The number of thiophene rings is 1. The number of halogens is 1. The number of amides is 1. The molecule has 5 heteroatoms. The Kier molecular flexibility index (Phi) is 4.61. The summed E-state index contributed by atoms with van der Waals surface area (Å²) in [5.74, 6) is -0.0504. The Morgan fingerprint density at radius 2 is 1.95 bits per heavy atom. The summed E-state index contributed by atoms with van der Waals surface area (Å²) >= 11 is 5.08. The SMILES string of the molecule is CN(C)c1ccc(C(=O)NCc2sccc2Br)cc1. The van der Waals surface area contributed by atoms with Crippen molar-refractivity contribution >= 4 is 38.9 Å². The number of nitrogens with zero attached hydrogens (tertiary/aromatic N) is 1. The van der Waals surface area contributed by atoms with E-state index in [9.17, 15) is 4.79 Å². The minimum Gasteiger partial charge on any atom is -0.378 e. The highest BCUT2D eigenvalue weighted by atomic mass is 79.9. The molecule has 0 unspecified atom stereocenters. The highest BCUT2D eigenvalue weighted by Crippen LogP contribution is 2.22. The van der Waals surface area contributed by atoms with Gasteiger partial charge >= 0.3 is 0 Å². The number of anilines is 1. The lowest BCUT2D eigenvalue weighted by atomic mass is 10.2. The Bertz CT molecular complexity index is 563. The predicted molar refractivity (Wildman–Crippen MR) is 84.0 cm³/mol. The molecule has 0 aliphatic heterocycles. The minimum atomic E-state index is -0.0504. The molecule has 19 heavy (non-hydrogen) atoms. The minimum absolute atomic E-state index is 0.0504. The first-order valence-corrected chi connectivity index (χ1v) is 7.52. The summed E-state index contributed by atoms with van der Waals surface area (Å²) in [5, 5.41) is 4.92. The molecule has 0 radical (unpaired) electrons. The lowest BCUT2D eigenvalue weighted by Gasteiger charge is -2.12. The predicted octanol–water partition coefficient (Wildman–Crippen LogP) is 3.51. The molecular weight excluding hydrogens is 324 g/mol. The summed E-state index contributed by atoms with van der Waals surface area (Å²) in [6.45, 7) is 0.548. The van der Waals surface area contributed by atoms with Crippen molar-refractivity contribution in [3.63, 3.8) is 0 Å². The molecule has 1 amide bonds. The van der Waals surface area contributed by atoms with Gasteiger partial charge in [0.05, 0.1) is 6.54 Å². The normalized spacial score (nSPS) is 10.3. The van der Waals surface area contributed by atoms with Crippen LogP contribution in [0, 0.1) is 0 Å². The maximum absolute atomic E-state index is 12.0. The summed E-state index contributed by atoms with van der Waals surface area (Å²) < 4.78 is 1.04. The zero-order valence-corrected chi connectivity index (χ0v) is 13.2. The summed E-state index contributed by atoms with van der Waals surface area (Å²) in [6.07, 6.45) is 0. The van der Waals surface area contributed by atoms with Crippen molar-refractivity contribution in [1.29, 1.82) is 0 Å². The van der Waals surface area contributed by atoms with Crippen molar-refractivity contribution in [1.82, 2.24) is 5.32 Å². The molecule has 0 saturated carbocycles. The Morgan fingerprint density at radius 3 is 2.47 bits per heavy atom. The van der Waals surface area contributed by atoms with Crippen LogP contribution in [0.1, 0.15) is 15.2 Å². The fraction of sp³-hybridized carbons (Fsp3) is 0.214. The molecule has 0 bridgehead atoms.